The SMILES string of the molecule is COc1cc(OC)cc(O[C@H](C(=O)O)C2(c3ccccc3)NCC(=O)Nc3ccc(Cl)cc32)c1. The second-order valence-electron chi connectivity index (χ2n) is 7.65. The minimum atomic E-state index is -1.52. The molecule has 0 spiro atoms. The summed E-state index contributed by atoms with van der Waals surface area (Å²) in [4.78, 5) is 25.4. The molecule has 1 amide bonds. The van der Waals surface area contributed by atoms with Gasteiger partial charge in [0.25, 0.3) is 0 Å². The molecule has 1 unspecified atom stereocenters. The lowest BCUT2D eigenvalue weighted by Gasteiger charge is -2.40. The summed E-state index contributed by atoms with van der Waals surface area (Å²) in [5.41, 5.74) is -0.0130. The number of hydrogen-bond acceptors (Lipinski definition) is 6. The maximum Gasteiger partial charge on any atom is 0.347 e. The predicted molar refractivity (Wildman–Crippen MR) is 127 cm³/mol. The molecule has 8 nitrogen and oxygen atoms in total. The summed E-state index contributed by atoms with van der Waals surface area (Å²) in [7, 11) is 2.97. The molecular formula is C25H23ClN2O6. The highest BCUT2D eigenvalue weighted by Crippen LogP contribution is 2.42. The number of carbonyl (C=O) groups is 2. The van der Waals surface area contributed by atoms with Crippen LogP contribution >= 0.6 is 11.6 Å². The Bertz CT molecular complexity index is 1200. The van der Waals surface area contributed by atoms with Crippen LogP contribution < -0.4 is 24.8 Å². The van der Waals surface area contributed by atoms with Gasteiger partial charge < -0.3 is 24.6 Å². The van der Waals surface area contributed by atoms with Gasteiger partial charge >= 0.3 is 5.97 Å². The van der Waals surface area contributed by atoms with Crippen molar-refractivity contribution in [1.82, 2.24) is 5.32 Å². The van der Waals surface area contributed by atoms with E-state index < -0.39 is 17.6 Å². The molecule has 176 valence electrons. The van der Waals surface area contributed by atoms with Crippen LogP contribution in [0.4, 0.5) is 5.69 Å². The lowest BCUT2D eigenvalue weighted by molar-refractivity contribution is -0.149. The summed E-state index contributed by atoms with van der Waals surface area (Å²) in [6.45, 7) is -0.157. The van der Waals surface area contributed by atoms with Crippen molar-refractivity contribution in [3.8, 4) is 17.2 Å². The summed E-state index contributed by atoms with van der Waals surface area (Å²) in [5, 5.41) is 16.8. The highest BCUT2D eigenvalue weighted by atomic mass is 35.5. The summed E-state index contributed by atoms with van der Waals surface area (Å²) < 4.78 is 16.8. The first kappa shape index (κ1) is 23.4. The van der Waals surface area contributed by atoms with E-state index >= 15 is 0 Å². The summed E-state index contributed by atoms with van der Waals surface area (Å²) >= 11 is 6.34. The lowest BCUT2D eigenvalue weighted by Crippen LogP contribution is -2.58. The molecule has 0 fully saturated rings. The fourth-order valence-corrected chi connectivity index (χ4v) is 4.29. The molecule has 2 atom stereocenters. The molecule has 0 radical (unpaired) electrons. The van der Waals surface area contributed by atoms with Crippen LogP contribution in [0.15, 0.2) is 66.7 Å². The zero-order chi connectivity index (χ0) is 24.3. The van der Waals surface area contributed by atoms with Gasteiger partial charge in [-0.15, -0.1) is 0 Å². The minimum Gasteiger partial charge on any atom is -0.496 e. The van der Waals surface area contributed by atoms with E-state index in [4.69, 9.17) is 25.8 Å². The molecule has 34 heavy (non-hydrogen) atoms. The van der Waals surface area contributed by atoms with Crippen molar-refractivity contribution in [1.29, 1.82) is 0 Å². The molecule has 9 heteroatoms. The zero-order valence-corrected chi connectivity index (χ0v) is 19.3. The van der Waals surface area contributed by atoms with Crippen LogP contribution in [-0.4, -0.2) is 43.9 Å². The molecular weight excluding hydrogens is 460 g/mol. The molecule has 1 aliphatic heterocycles. The maximum atomic E-state index is 12.8. The first-order chi connectivity index (χ1) is 16.4. The van der Waals surface area contributed by atoms with Crippen molar-refractivity contribution >= 4 is 29.2 Å². The van der Waals surface area contributed by atoms with Gasteiger partial charge in [0.05, 0.1) is 20.8 Å². The molecule has 0 aromatic heterocycles. The third-order valence-corrected chi connectivity index (χ3v) is 5.87. The van der Waals surface area contributed by atoms with Crippen LogP contribution in [0, 0.1) is 0 Å². The molecule has 4 rings (SSSR count). The highest BCUT2D eigenvalue weighted by molar-refractivity contribution is 6.30. The Hall–Kier alpha value is -3.75. The molecule has 3 aromatic rings. The molecule has 1 aliphatic rings. The average Bonchev–Trinajstić information content (AvgIpc) is 2.99. The van der Waals surface area contributed by atoms with Gasteiger partial charge in [-0.25, -0.2) is 4.79 Å². The van der Waals surface area contributed by atoms with Crippen molar-refractivity contribution in [2.75, 3.05) is 26.1 Å². The van der Waals surface area contributed by atoms with Gasteiger partial charge in [0, 0.05) is 34.5 Å². The van der Waals surface area contributed by atoms with Crippen LogP contribution in [0.1, 0.15) is 11.1 Å². The number of benzene rings is 3. The molecule has 0 aliphatic carbocycles. The normalized spacial score (nSPS) is 18.1. The van der Waals surface area contributed by atoms with Gasteiger partial charge in [0.15, 0.2) is 0 Å². The van der Waals surface area contributed by atoms with Crippen LogP contribution in [0.2, 0.25) is 5.02 Å². The number of ether oxygens (including phenoxy) is 3. The van der Waals surface area contributed by atoms with E-state index in [1.165, 1.54) is 14.2 Å². The molecule has 0 saturated carbocycles. The highest BCUT2D eigenvalue weighted by Gasteiger charge is 2.51. The Balaban J connectivity index is 1.97. The van der Waals surface area contributed by atoms with E-state index in [0.29, 0.717) is 33.3 Å². The number of anilines is 1. The molecule has 0 saturated heterocycles. The Morgan fingerprint density at radius 1 is 1.00 bits per heavy atom. The lowest BCUT2D eigenvalue weighted by atomic mass is 9.77. The van der Waals surface area contributed by atoms with E-state index in [1.54, 1.807) is 60.7 Å². The van der Waals surface area contributed by atoms with Crippen LogP contribution in [0.25, 0.3) is 0 Å². The van der Waals surface area contributed by atoms with Crippen molar-refractivity contribution in [3.63, 3.8) is 0 Å². The number of carboxylic acid groups (broad SMARTS) is 1. The summed E-state index contributed by atoms with van der Waals surface area (Å²) in [6.07, 6.45) is -1.52. The molecule has 1 heterocycles. The van der Waals surface area contributed by atoms with Gasteiger partial charge in [-0.3, -0.25) is 10.1 Å². The van der Waals surface area contributed by atoms with E-state index in [9.17, 15) is 14.7 Å². The number of rotatable bonds is 7. The second-order valence-corrected chi connectivity index (χ2v) is 8.09. The fraction of sp³-hybridized carbons (Fsp3) is 0.200. The number of carboxylic acids is 1. The number of fused-ring (bicyclic) bond motifs is 1. The fourth-order valence-electron chi connectivity index (χ4n) is 4.11. The van der Waals surface area contributed by atoms with E-state index in [2.05, 4.69) is 10.6 Å². The molecule has 3 N–H and O–H groups in total. The topological polar surface area (TPSA) is 106 Å². The number of aliphatic carboxylic acids is 1. The van der Waals surface area contributed by atoms with Crippen LogP contribution in [-0.2, 0) is 15.1 Å². The summed E-state index contributed by atoms with van der Waals surface area (Å²) in [6, 6.07) is 18.6. The van der Waals surface area contributed by atoms with Crippen molar-refractivity contribution in [2.24, 2.45) is 0 Å². The molecule has 0 bridgehead atoms. The second kappa shape index (κ2) is 9.62. The number of carbonyl (C=O) groups excluding carboxylic acids is 1. The summed E-state index contributed by atoms with van der Waals surface area (Å²) in [5.74, 6) is -0.498. The largest absolute Gasteiger partial charge is 0.496 e. The van der Waals surface area contributed by atoms with Crippen molar-refractivity contribution < 1.29 is 28.9 Å². The number of nitrogens with one attached hydrogen (secondary N) is 2. The molecule has 3 aromatic carbocycles. The zero-order valence-electron chi connectivity index (χ0n) is 18.5. The first-order valence-electron chi connectivity index (χ1n) is 10.4. The Labute approximate surface area is 201 Å². The Kier molecular flexibility index (Phi) is 6.63. The Morgan fingerprint density at radius 2 is 1.65 bits per heavy atom. The maximum absolute atomic E-state index is 12.8. The standard InChI is InChI=1S/C25H23ClN2O6/c1-32-17-11-18(33-2)13-19(12-17)34-23(24(30)31)25(15-6-4-3-5-7-15)20-10-16(26)8-9-21(20)28-22(29)14-27-25/h3-13,23,27H,14H2,1-2H3,(H,28,29)(H,30,31)/t23-,25?/m1/s1. The van der Waals surface area contributed by atoms with Gasteiger partial charge in [0.1, 0.15) is 22.8 Å². The van der Waals surface area contributed by atoms with Crippen molar-refractivity contribution in [2.45, 2.75) is 11.6 Å². The smallest absolute Gasteiger partial charge is 0.347 e. The van der Waals surface area contributed by atoms with Gasteiger partial charge in [-0.1, -0.05) is 41.9 Å². The van der Waals surface area contributed by atoms with Crippen LogP contribution in [0.5, 0.6) is 17.2 Å². The minimum absolute atomic E-state index is 0.157. The first-order valence-corrected chi connectivity index (χ1v) is 10.8. The predicted octanol–water partition coefficient (Wildman–Crippen LogP) is 3.67. The third kappa shape index (κ3) is 4.37. The number of hydrogen-bond donors (Lipinski definition) is 3. The van der Waals surface area contributed by atoms with E-state index in [1.807, 2.05) is 6.07 Å². The van der Waals surface area contributed by atoms with E-state index in [0.717, 1.165) is 0 Å². The van der Waals surface area contributed by atoms with E-state index in [-0.39, 0.29) is 18.2 Å². The van der Waals surface area contributed by atoms with Gasteiger partial charge in [0.2, 0.25) is 12.0 Å². The monoisotopic (exact) mass is 482 g/mol. The average molecular weight is 483 g/mol. The van der Waals surface area contributed by atoms with Gasteiger partial charge in [-0.2, -0.15) is 0 Å². The number of amides is 1. The number of halogens is 1. The number of methoxy groups -OCH3 is 2. The van der Waals surface area contributed by atoms with Crippen molar-refractivity contribution in [3.05, 3.63) is 82.9 Å². The third-order valence-electron chi connectivity index (χ3n) is 5.63. The quantitative estimate of drug-likeness (QED) is 0.471. The Morgan fingerprint density at radius 3 is 2.26 bits per heavy atom. The van der Waals surface area contributed by atoms with Crippen LogP contribution in [0.3, 0.4) is 0 Å². The van der Waals surface area contributed by atoms with Gasteiger partial charge in [-0.05, 0) is 23.8 Å².